The van der Waals surface area contributed by atoms with E-state index in [0.717, 1.165) is 19.3 Å². The van der Waals surface area contributed by atoms with E-state index in [1.807, 2.05) is 0 Å². The molecule has 6 heteroatoms. The summed E-state index contributed by atoms with van der Waals surface area (Å²) in [6.07, 6.45) is 7.06. The van der Waals surface area contributed by atoms with E-state index in [1.165, 1.54) is 19.3 Å². The molecule has 2 aliphatic heterocycles. The Hall–Kier alpha value is 0.850. The van der Waals surface area contributed by atoms with Gasteiger partial charge >= 0.3 is 139 Å². The van der Waals surface area contributed by atoms with E-state index in [-0.39, 0.29) is 49.2 Å². The summed E-state index contributed by atoms with van der Waals surface area (Å²) < 4.78 is 15.3. The molecule has 2 heterocycles. The van der Waals surface area contributed by atoms with Crippen molar-refractivity contribution in [1.29, 1.82) is 0 Å². The van der Waals surface area contributed by atoms with Crippen molar-refractivity contribution in [3.63, 3.8) is 0 Å². The maximum absolute atomic E-state index is 12.2. The van der Waals surface area contributed by atoms with Gasteiger partial charge in [0, 0.05) is 0 Å². The van der Waals surface area contributed by atoms with Crippen LogP contribution in [0.1, 0.15) is 45.4 Å². The molecule has 3 aliphatic rings. The van der Waals surface area contributed by atoms with Crippen molar-refractivity contribution in [3.8, 4) is 0 Å². The van der Waals surface area contributed by atoms with Crippen LogP contribution in [-0.2, 0) is 14.3 Å². The molecule has 0 aromatic carbocycles. The number of hydrogen-bond acceptors (Lipinski definition) is 4. The van der Waals surface area contributed by atoms with E-state index >= 15 is 0 Å². The summed E-state index contributed by atoms with van der Waals surface area (Å²) in [7, 11) is 0. The van der Waals surface area contributed by atoms with Gasteiger partial charge in [-0.3, -0.25) is 0 Å². The van der Waals surface area contributed by atoms with Gasteiger partial charge in [0.15, 0.2) is 0 Å². The van der Waals surface area contributed by atoms with Crippen molar-refractivity contribution in [2.45, 2.75) is 65.8 Å². The number of carbonyl (C=O) groups is 1. The van der Waals surface area contributed by atoms with Crippen LogP contribution in [0.3, 0.4) is 0 Å². The van der Waals surface area contributed by atoms with Gasteiger partial charge in [-0.25, -0.2) is 0 Å². The van der Waals surface area contributed by atoms with Crippen molar-refractivity contribution >= 4 is 28.6 Å². The molecule has 0 bridgehead atoms. The van der Waals surface area contributed by atoms with Gasteiger partial charge < -0.3 is 0 Å². The first-order valence-electron chi connectivity index (χ1n) is 6.99. The summed E-state index contributed by atoms with van der Waals surface area (Å²) in [5.74, 6) is -0.0839. The summed E-state index contributed by atoms with van der Waals surface area (Å²) in [6.45, 7) is 2.10. The summed E-state index contributed by atoms with van der Waals surface area (Å²) in [5, 5.41) is 0. The average molecular weight is 492 g/mol. The molecular weight excluding hydrogens is 472 g/mol. The molecule has 1 aliphatic carbocycles. The van der Waals surface area contributed by atoms with Crippen LogP contribution >= 0.6 is 22.6 Å². The fourth-order valence-electron chi connectivity index (χ4n) is 3.36. The Balaban J connectivity index is 1.65. The zero-order valence-corrected chi connectivity index (χ0v) is 15.3. The Labute approximate surface area is 138 Å². The van der Waals surface area contributed by atoms with Crippen molar-refractivity contribution in [2.75, 3.05) is 0 Å². The molecule has 1 N–H and O–H groups in total. The van der Waals surface area contributed by atoms with E-state index < -0.39 is 0 Å². The quantitative estimate of drug-likeness (QED) is 0.142. The molecule has 4 unspecified atom stereocenters. The Morgan fingerprint density at radius 3 is 2.79 bits per heavy atom. The van der Waals surface area contributed by atoms with Gasteiger partial charge in [0.2, 0.25) is 0 Å². The van der Waals surface area contributed by atoms with E-state index in [0.29, 0.717) is 4.05 Å². The SMILES string of the molecule is CC1CC2(CCCCC2)C(OC(=O)C(I)C2N[I-]2)O1. The Bertz CT molecular complexity index is 356. The molecule has 0 amide bonds. The molecule has 1 spiro atoms. The van der Waals surface area contributed by atoms with Gasteiger partial charge in [0.25, 0.3) is 0 Å². The standard InChI is InChI=1S/C13H20I2NO3/c1-8-7-13(5-3-2-4-6-13)12(18-8)19-11(17)9(14)10-15-16-10/h8-10,12,16H,2-7H2,1H3/q-1. The van der Waals surface area contributed by atoms with E-state index in [9.17, 15) is 4.79 Å². The van der Waals surface area contributed by atoms with Gasteiger partial charge in [-0.15, -0.1) is 0 Å². The van der Waals surface area contributed by atoms with E-state index in [1.54, 1.807) is 0 Å². The summed E-state index contributed by atoms with van der Waals surface area (Å²) >= 11 is 2.25. The van der Waals surface area contributed by atoms with Crippen LogP contribution in [0, 0.1) is 5.41 Å². The molecule has 3 rings (SSSR count). The van der Waals surface area contributed by atoms with Crippen LogP contribution in [0.25, 0.3) is 0 Å². The number of alkyl halides is 2. The second-order valence-corrected chi connectivity index (χ2v) is 9.79. The predicted octanol–water partition coefficient (Wildman–Crippen LogP) is -0.648. The first kappa shape index (κ1) is 14.8. The first-order chi connectivity index (χ1) is 9.11. The third kappa shape index (κ3) is 3.21. The zero-order valence-electron chi connectivity index (χ0n) is 11.0. The average Bonchev–Trinajstić information content (AvgIpc) is 3.18. The van der Waals surface area contributed by atoms with E-state index in [2.05, 4.69) is 33.0 Å². The molecule has 0 radical (unpaired) electrons. The van der Waals surface area contributed by atoms with Gasteiger partial charge in [0.1, 0.15) is 0 Å². The molecule has 0 aromatic rings. The van der Waals surface area contributed by atoms with Crippen molar-refractivity contribution in [2.24, 2.45) is 5.41 Å². The zero-order chi connectivity index (χ0) is 13.5. The number of nitrogens with one attached hydrogen (secondary N) is 1. The third-order valence-electron chi connectivity index (χ3n) is 4.34. The first-order valence-corrected chi connectivity index (χ1v) is 10.6. The number of halogens is 2. The number of hydrogen-bond donors (Lipinski definition) is 1. The third-order valence-corrected chi connectivity index (χ3v) is 9.00. The minimum atomic E-state index is -0.301. The van der Waals surface area contributed by atoms with Gasteiger partial charge in [0.05, 0.1) is 0 Å². The Kier molecular flexibility index (Phi) is 4.60. The number of rotatable bonds is 3. The van der Waals surface area contributed by atoms with Crippen LogP contribution in [0.15, 0.2) is 0 Å². The van der Waals surface area contributed by atoms with Gasteiger partial charge in [-0.1, -0.05) is 0 Å². The topological polar surface area (TPSA) is 57.5 Å². The predicted molar refractivity (Wildman–Crippen MR) is 75.3 cm³/mol. The normalized spacial score (nSPS) is 38.5. The second-order valence-electron chi connectivity index (χ2n) is 5.86. The molecule has 4 atom stereocenters. The number of carbonyl (C=O) groups excluding carboxylic acids is 1. The molecule has 110 valence electrons. The molecule has 2 saturated heterocycles. The molecule has 0 aromatic heterocycles. The fourth-order valence-corrected chi connectivity index (χ4v) is 6.46. The Morgan fingerprint density at radius 2 is 2.16 bits per heavy atom. The molecule has 19 heavy (non-hydrogen) atoms. The summed E-state index contributed by atoms with van der Waals surface area (Å²) in [5.41, 5.74) is 0.107. The van der Waals surface area contributed by atoms with Gasteiger partial charge in [-0.05, 0) is 0 Å². The summed E-state index contributed by atoms with van der Waals surface area (Å²) in [4.78, 5) is 12.2. The maximum atomic E-state index is 12.2. The Morgan fingerprint density at radius 1 is 1.47 bits per heavy atom. The molecule has 1 saturated carbocycles. The molecule has 3 fully saturated rings. The summed E-state index contributed by atoms with van der Waals surface area (Å²) in [6, 6.07) is 0. The van der Waals surface area contributed by atoms with Crippen LogP contribution in [0.2, 0.25) is 0 Å². The molecule has 4 nitrogen and oxygen atoms in total. The molecular formula is C13H20I2NO3-. The fraction of sp³-hybridized carbons (Fsp3) is 0.923. The monoisotopic (exact) mass is 492 g/mol. The van der Waals surface area contributed by atoms with Crippen molar-refractivity contribution in [3.05, 3.63) is 0 Å². The van der Waals surface area contributed by atoms with Crippen molar-refractivity contribution < 1.29 is 35.7 Å². The van der Waals surface area contributed by atoms with Gasteiger partial charge in [-0.2, -0.15) is 0 Å². The van der Waals surface area contributed by atoms with Crippen LogP contribution in [0.4, 0.5) is 0 Å². The van der Waals surface area contributed by atoms with Crippen LogP contribution < -0.4 is 25.0 Å². The van der Waals surface area contributed by atoms with Crippen LogP contribution in [0.5, 0.6) is 0 Å². The van der Waals surface area contributed by atoms with Crippen molar-refractivity contribution in [1.82, 2.24) is 3.53 Å². The van der Waals surface area contributed by atoms with Crippen LogP contribution in [-0.4, -0.2) is 26.3 Å². The van der Waals surface area contributed by atoms with E-state index in [4.69, 9.17) is 9.47 Å². The number of esters is 1. The second kappa shape index (κ2) is 5.92. The minimum absolute atomic E-state index is 0.0365. The number of ether oxygens (including phenoxy) is 2.